The van der Waals surface area contributed by atoms with Crippen LogP contribution in [-0.4, -0.2) is 88.4 Å². The molecule has 218 valence electrons. The van der Waals surface area contributed by atoms with E-state index in [1.807, 2.05) is 13.8 Å². The minimum Gasteiger partial charge on any atom is -0.504 e. The number of amides is 2. The molecule has 2 saturated heterocycles. The number of hydrogen-bond acceptors (Lipinski definition) is 8. The number of benzene rings is 2. The summed E-state index contributed by atoms with van der Waals surface area (Å²) in [7, 11) is -3.79. The van der Waals surface area contributed by atoms with E-state index in [1.165, 1.54) is 22.5 Å². The lowest BCUT2D eigenvalue weighted by atomic mass is 9.89. The Morgan fingerprint density at radius 1 is 1.02 bits per heavy atom. The van der Waals surface area contributed by atoms with Crippen LogP contribution < -0.4 is 5.32 Å². The van der Waals surface area contributed by atoms with Gasteiger partial charge in [-0.3, -0.25) is 14.6 Å². The number of phenols is 2. The summed E-state index contributed by atoms with van der Waals surface area (Å²) >= 11 is 0. The van der Waals surface area contributed by atoms with Crippen LogP contribution in [0.25, 0.3) is 6.08 Å². The molecule has 41 heavy (non-hydrogen) atoms. The molecule has 0 atom stereocenters. The summed E-state index contributed by atoms with van der Waals surface area (Å²) in [6.07, 6.45) is 2.68. The van der Waals surface area contributed by atoms with Gasteiger partial charge in [-0.05, 0) is 92.6 Å². The molecule has 3 heterocycles. The highest BCUT2D eigenvalue weighted by Crippen LogP contribution is 2.34. The van der Waals surface area contributed by atoms with E-state index in [-0.39, 0.29) is 61.2 Å². The number of nitrogens with zero attached hydrogens (tertiary/aromatic N) is 3. The molecule has 0 unspecified atom stereocenters. The Balaban J connectivity index is 1.27. The van der Waals surface area contributed by atoms with E-state index in [0.717, 1.165) is 16.5 Å². The van der Waals surface area contributed by atoms with Crippen LogP contribution in [0.1, 0.15) is 58.3 Å². The Labute approximate surface area is 238 Å². The van der Waals surface area contributed by atoms with Crippen LogP contribution in [0, 0.1) is 13.8 Å². The number of rotatable bonds is 5. The molecule has 0 saturated carbocycles. The molecule has 1 spiro atoms. The molecule has 3 aliphatic heterocycles. The fourth-order valence-corrected chi connectivity index (χ4v) is 6.80. The van der Waals surface area contributed by atoms with Crippen LogP contribution in [0.3, 0.4) is 0 Å². The first-order valence-electron chi connectivity index (χ1n) is 13.6. The number of phenolic OH excluding ortho intramolecular Hbond substituents is 2. The first-order valence-corrected chi connectivity index (χ1v) is 15.1. The number of sulfonamides is 1. The average Bonchev–Trinajstić information content (AvgIpc) is 3.24. The highest BCUT2D eigenvalue weighted by Gasteiger charge is 2.47. The summed E-state index contributed by atoms with van der Waals surface area (Å²) in [6.45, 7) is 4.89. The number of nitrogens with one attached hydrogen (secondary N) is 1. The topological polar surface area (TPSA) is 160 Å². The number of aliphatic imine (C=N–C) groups is 1. The van der Waals surface area contributed by atoms with Crippen molar-refractivity contribution >= 4 is 33.7 Å². The summed E-state index contributed by atoms with van der Waals surface area (Å²) in [5, 5.41) is 33.0. The molecule has 0 radical (unpaired) electrons. The van der Waals surface area contributed by atoms with Crippen molar-refractivity contribution in [3.8, 4) is 11.5 Å². The van der Waals surface area contributed by atoms with E-state index in [4.69, 9.17) is 0 Å². The third-order valence-electron chi connectivity index (χ3n) is 8.14. The van der Waals surface area contributed by atoms with Crippen molar-refractivity contribution in [1.82, 2.24) is 14.5 Å². The molecule has 0 aliphatic carbocycles. The normalized spacial score (nSPS) is 20.0. The lowest BCUT2D eigenvalue weighted by molar-refractivity contribution is -0.124. The van der Waals surface area contributed by atoms with Crippen LogP contribution >= 0.6 is 0 Å². The average molecular weight is 583 g/mol. The molecule has 0 aromatic heterocycles. The number of piperidine rings is 2. The summed E-state index contributed by atoms with van der Waals surface area (Å²) in [5.41, 5.74) is 2.15. The number of amidine groups is 1. The molecule has 12 heteroatoms. The molecule has 4 N–H and O–H groups in total. The zero-order chi connectivity index (χ0) is 29.5. The number of aryl methyl sites for hydroxylation is 2. The molecule has 3 aliphatic rings. The molecule has 11 nitrogen and oxygen atoms in total. The van der Waals surface area contributed by atoms with Crippen molar-refractivity contribution in [1.29, 1.82) is 0 Å². The third kappa shape index (κ3) is 5.72. The molecule has 0 bridgehead atoms. The molecule has 5 rings (SSSR count). The zero-order valence-corrected chi connectivity index (χ0v) is 23.8. The molecular weight excluding hydrogens is 548 g/mol. The van der Waals surface area contributed by atoms with Gasteiger partial charge in [0.25, 0.3) is 11.8 Å². The maximum Gasteiger partial charge on any atom is 0.253 e. The van der Waals surface area contributed by atoms with Crippen LogP contribution in [0.4, 0.5) is 0 Å². The molecular formula is C29H34N4O7S. The lowest BCUT2D eigenvalue weighted by Gasteiger charge is -2.34. The minimum atomic E-state index is -3.79. The fraction of sp³-hybridized carbons (Fsp3) is 0.414. The SMILES string of the molecule is Cc1cc(C(=O)N2CCC(O)CC2)cc(C)c1/C=C/S(=O)(=O)N1CCC2(CC1)N=C(c1ccc(O)c(O)c1)NC2=O. The highest BCUT2D eigenvalue weighted by atomic mass is 32.2. The number of aliphatic hydroxyl groups excluding tert-OH is 1. The van der Waals surface area contributed by atoms with Crippen molar-refractivity contribution < 1.29 is 33.3 Å². The predicted octanol–water partition coefficient (Wildman–Crippen LogP) is 2.02. The van der Waals surface area contributed by atoms with Crippen molar-refractivity contribution in [2.75, 3.05) is 26.2 Å². The maximum atomic E-state index is 13.2. The van der Waals surface area contributed by atoms with E-state index in [2.05, 4.69) is 10.3 Å². The van der Waals surface area contributed by atoms with Gasteiger partial charge in [0.15, 0.2) is 11.5 Å². The predicted molar refractivity (Wildman–Crippen MR) is 153 cm³/mol. The largest absolute Gasteiger partial charge is 0.504 e. The second-order valence-corrected chi connectivity index (χ2v) is 12.8. The number of aromatic hydroxyl groups is 2. The Kier molecular flexibility index (Phi) is 7.66. The van der Waals surface area contributed by atoms with E-state index in [1.54, 1.807) is 23.1 Å². The number of aliphatic hydroxyl groups is 1. The van der Waals surface area contributed by atoms with E-state index >= 15 is 0 Å². The van der Waals surface area contributed by atoms with E-state index in [9.17, 15) is 33.3 Å². The number of carbonyl (C=O) groups excluding carboxylic acids is 2. The summed E-state index contributed by atoms with van der Waals surface area (Å²) < 4.78 is 27.7. The summed E-state index contributed by atoms with van der Waals surface area (Å²) in [6, 6.07) is 7.67. The van der Waals surface area contributed by atoms with Crippen molar-refractivity contribution in [2.24, 2.45) is 4.99 Å². The smallest absolute Gasteiger partial charge is 0.253 e. The Morgan fingerprint density at radius 2 is 1.66 bits per heavy atom. The first kappa shape index (κ1) is 28.8. The van der Waals surface area contributed by atoms with E-state index < -0.39 is 15.6 Å². The van der Waals surface area contributed by atoms with Crippen molar-refractivity contribution in [3.63, 3.8) is 0 Å². The van der Waals surface area contributed by atoms with Gasteiger partial charge < -0.3 is 25.5 Å². The van der Waals surface area contributed by atoms with Gasteiger partial charge in [0.05, 0.1) is 6.10 Å². The molecule has 2 amide bonds. The Bertz CT molecular complexity index is 1530. The van der Waals surface area contributed by atoms with Gasteiger partial charge >= 0.3 is 0 Å². The van der Waals surface area contributed by atoms with Gasteiger partial charge in [-0.15, -0.1) is 0 Å². The number of likely N-dealkylation sites (tertiary alicyclic amines) is 1. The maximum absolute atomic E-state index is 13.2. The van der Waals surface area contributed by atoms with E-state index in [0.29, 0.717) is 42.6 Å². The van der Waals surface area contributed by atoms with Gasteiger partial charge in [0.2, 0.25) is 10.0 Å². The zero-order valence-electron chi connectivity index (χ0n) is 23.0. The van der Waals surface area contributed by atoms with Gasteiger partial charge in [0.1, 0.15) is 11.4 Å². The van der Waals surface area contributed by atoms with Gasteiger partial charge in [-0.1, -0.05) is 0 Å². The number of hydrogen-bond donors (Lipinski definition) is 4. The van der Waals surface area contributed by atoms with Crippen molar-refractivity contribution in [3.05, 3.63) is 63.6 Å². The van der Waals surface area contributed by atoms with Crippen LogP contribution in [0.5, 0.6) is 11.5 Å². The van der Waals surface area contributed by atoms with Gasteiger partial charge in [0, 0.05) is 42.7 Å². The molecule has 2 fully saturated rings. The quantitative estimate of drug-likeness (QED) is 0.393. The lowest BCUT2D eigenvalue weighted by Crippen LogP contribution is -2.50. The Hall–Kier alpha value is -3.74. The van der Waals surface area contributed by atoms with Crippen molar-refractivity contribution in [2.45, 2.75) is 51.2 Å². The van der Waals surface area contributed by atoms with Gasteiger partial charge in [-0.2, -0.15) is 4.31 Å². The second-order valence-electron chi connectivity index (χ2n) is 10.9. The fourth-order valence-electron chi connectivity index (χ4n) is 5.63. The number of carbonyl (C=O) groups is 2. The second kappa shape index (κ2) is 10.9. The standard InChI is InChI=1S/C29H34N4O7S/c1-18-15-21(27(37)32-10-5-22(34)6-11-32)16-19(2)23(18)7-14-41(39,40)33-12-8-29(9-13-33)28(38)30-26(31-29)20-3-4-24(35)25(36)17-20/h3-4,7,14-17,22,34-36H,5-6,8-13H2,1-2H3,(H,30,31,38)/b14-7+. The summed E-state index contributed by atoms with van der Waals surface area (Å²) in [5.74, 6) is -0.768. The van der Waals surface area contributed by atoms with Crippen LogP contribution in [0.15, 0.2) is 40.7 Å². The first-order chi connectivity index (χ1) is 19.4. The monoisotopic (exact) mass is 582 g/mol. The van der Waals surface area contributed by atoms with Crippen LogP contribution in [-0.2, 0) is 14.8 Å². The molecule has 2 aromatic rings. The van der Waals surface area contributed by atoms with Crippen LogP contribution in [0.2, 0.25) is 0 Å². The summed E-state index contributed by atoms with van der Waals surface area (Å²) in [4.78, 5) is 32.1. The Morgan fingerprint density at radius 3 is 2.27 bits per heavy atom. The van der Waals surface area contributed by atoms with Gasteiger partial charge in [-0.25, -0.2) is 8.42 Å². The minimum absolute atomic E-state index is 0.0996. The highest BCUT2D eigenvalue weighted by molar-refractivity contribution is 7.92. The molecule has 2 aromatic carbocycles. The third-order valence-corrected chi connectivity index (χ3v) is 9.70.